The zero-order chi connectivity index (χ0) is 15.0. The lowest BCUT2D eigenvalue weighted by atomic mass is 10.2. The predicted octanol–water partition coefficient (Wildman–Crippen LogP) is 3.26. The van der Waals surface area contributed by atoms with Gasteiger partial charge in [-0.25, -0.2) is 9.78 Å². The maximum atomic E-state index is 11.2. The highest BCUT2D eigenvalue weighted by Crippen LogP contribution is 2.27. The van der Waals surface area contributed by atoms with Crippen LogP contribution in [0.2, 0.25) is 0 Å². The van der Waals surface area contributed by atoms with Gasteiger partial charge in [0.1, 0.15) is 11.1 Å². The highest BCUT2D eigenvalue weighted by atomic mass is 16.4. The van der Waals surface area contributed by atoms with Gasteiger partial charge >= 0.3 is 5.97 Å². The Labute approximate surface area is 121 Å². The topological polar surface area (TPSA) is 66.6 Å². The van der Waals surface area contributed by atoms with Crippen molar-refractivity contribution in [3.8, 4) is 11.5 Å². The van der Waals surface area contributed by atoms with Crippen LogP contribution in [0.25, 0.3) is 22.6 Å². The van der Waals surface area contributed by atoms with Crippen LogP contribution in [0.3, 0.4) is 0 Å². The minimum absolute atomic E-state index is 0.121. The van der Waals surface area contributed by atoms with Gasteiger partial charge in [-0.3, -0.25) is 0 Å². The number of para-hydroxylation sites is 1. The van der Waals surface area contributed by atoms with Crippen molar-refractivity contribution < 1.29 is 14.3 Å². The van der Waals surface area contributed by atoms with Crippen molar-refractivity contribution in [1.29, 1.82) is 0 Å². The van der Waals surface area contributed by atoms with E-state index >= 15 is 0 Å². The summed E-state index contributed by atoms with van der Waals surface area (Å²) in [7, 11) is 3.93. The van der Waals surface area contributed by atoms with Crippen LogP contribution >= 0.6 is 0 Å². The largest absolute Gasteiger partial charge is 0.478 e. The zero-order valence-electron chi connectivity index (χ0n) is 11.7. The number of anilines is 1. The molecule has 0 aliphatic carbocycles. The van der Waals surface area contributed by atoms with Gasteiger partial charge in [0.15, 0.2) is 5.58 Å². The molecule has 0 radical (unpaired) electrons. The summed E-state index contributed by atoms with van der Waals surface area (Å²) in [5, 5.41) is 9.17. The fraction of sp³-hybridized carbons (Fsp3) is 0.125. The van der Waals surface area contributed by atoms with Crippen LogP contribution in [-0.4, -0.2) is 30.2 Å². The maximum absolute atomic E-state index is 11.2. The Balaban J connectivity index is 2.09. The molecule has 2 aromatic carbocycles. The first-order valence-electron chi connectivity index (χ1n) is 6.47. The second-order valence-corrected chi connectivity index (χ2v) is 4.92. The normalized spacial score (nSPS) is 10.8. The number of aromatic nitrogens is 1. The van der Waals surface area contributed by atoms with E-state index in [4.69, 9.17) is 9.52 Å². The van der Waals surface area contributed by atoms with Crippen LogP contribution in [0.4, 0.5) is 5.69 Å². The molecule has 3 aromatic rings. The summed E-state index contributed by atoms with van der Waals surface area (Å²) in [5.41, 5.74) is 2.85. The molecule has 0 aliphatic heterocycles. The standard InChI is InChI=1S/C16H14N2O3/c1-18(2)11-8-6-10(7-9-11)15-17-13-5-3-4-12(16(19)20)14(13)21-15/h3-9H,1-2H3,(H,19,20). The predicted molar refractivity (Wildman–Crippen MR) is 80.7 cm³/mol. The average Bonchev–Trinajstić information content (AvgIpc) is 2.90. The molecule has 0 fully saturated rings. The SMILES string of the molecule is CN(C)c1ccc(-c2nc3cccc(C(=O)O)c3o2)cc1. The zero-order valence-corrected chi connectivity index (χ0v) is 11.7. The molecule has 21 heavy (non-hydrogen) atoms. The van der Waals surface area contributed by atoms with Crippen LogP contribution in [-0.2, 0) is 0 Å². The molecule has 0 bridgehead atoms. The van der Waals surface area contributed by atoms with Crippen LogP contribution in [0.15, 0.2) is 46.9 Å². The van der Waals surface area contributed by atoms with Crippen LogP contribution < -0.4 is 4.90 Å². The summed E-state index contributed by atoms with van der Waals surface area (Å²) in [5.74, 6) is -0.602. The quantitative estimate of drug-likeness (QED) is 0.798. The highest BCUT2D eigenvalue weighted by Gasteiger charge is 2.15. The molecule has 3 rings (SSSR count). The molecular weight excluding hydrogens is 268 g/mol. The minimum Gasteiger partial charge on any atom is -0.478 e. The number of carboxylic acids is 1. The molecule has 0 unspecified atom stereocenters. The van der Waals surface area contributed by atoms with E-state index < -0.39 is 5.97 Å². The summed E-state index contributed by atoms with van der Waals surface area (Å²) < 4.78 is 5.64. The third-order valence-corrected chi connectivity index (χ3v) is 3.28. The van der Waals surface area contributed by atoms with Gasteiger partial charge in [-0.1, -0.05) is 6.07 Å². The molecule has 106 valence electrons. The number of nitrogens with zero attached hydrogens (tertiary/aromatic N) is 2. The second kappa shape index (κ2) is 4.94. The van der Waals surface area contributed by atoms with Gasteiger partial charge in [0.2, 0.25) is 5.89 Å². The Morgan fingerprint density at radius 3 is 2.48 bits per heavy atom. The van der Waals surface area contributed by atoms with Gasteiger partial charge in [0.05, 0.1) is 0 Å². The number of carbonyl (C=O) groups is 1. The molecule has 1 heterocycles. The Bertz CT molecular complexity index is 804. The molecule has 0 atom stereocenters. The number of carboxylic acid groups (broad SMARTS) is 1. The van der Waals surface area contributed by atoms with E-state index in [2.05, 4.69) is 4.98 Å². The number of hydrogen-bond donors (Lipinski definition) is 1. The summed E-state index contributed by atoms with van der Waals surface area (Å²) in [4.78, 5) is 17.5. The summed E-state index contributed by atoms with van der Waals surface area (Å²) >= 11 is 0. The number of fused-ring (bicyclic) bond motifs is 1. The summed E-state index contributed by atoms with van der Waals surface area (Å²) in [6, 6.07) is 12.6. The van der Waals surface area contributed by atoms with Crippen molar-refractivity contribution in [2.75, 3.05) is 19.0 Å². The fourth-order valence-corrected chi connectivity index (χ4v) is 2.14. The highest BCUT2D eigenvalue weighted by molar-refractivity contribution is 6.00. The van der Waals surface area contributed by atoms with Crippen molar-refractivity contribution in [3.05, 3.63) is 48.0 Å². The number of aromatic carboxylic acids is 1. The molecule has 0 aliphatic rings. The molecule has 0 saturated carbocycles. The van der Waals surface area contributed by atoms with Gasteiger partial charge in [-0.2, -0.15) is 0 Å². The van der Waals surface area contributed by atoms with Crippen LogP contribution in [0.5, 0.6) is 0 Å². The second-order valence-electron chi connectivity index (χ2n) is 4.92. The molecule has 5 nitrogen and oxygen atoms in total. The first-order valence-corrected chi connectivity index (χ1v) is 6.47. The molecular formula is C16H14N2O3. The lowest BCUT2D eigenvalue weighted by Crippen LogP contribution is -2.07. The van der Waals surface area contributed by atoms with E-state index in [9.17, 15) is 4.79 Å². The van der Waals surface area contributed by atoms with E-state index in [0.717, 1.165) is 11.3 Å². The van der Waals surface area contributed by atoms with Crippen molar-refractivity contribution in [2.45, 2.75) is 0 Å². The Morgan fingerprint density at radius 1 is 1.14 bits per heavy atom. The monoisotopic (exact) mass is 282 g/mol. The first-order chi connectivity index (χ1) is 10.1. The van der Waals surface area contributed by atoms with Crippen LogP contribution in [0.1, 0.15) is 10.4 Å². The molecule has 5 heteroatoms. The Morgan fingerprint density at radius 2 is 1.86 bits per heavy atom. The van der Waals surface area contributed by atoms with Crippen molar-refractivity contribution in [2.24, 2.45) is 0 Å². The van der Waals surface area contributed by atoms with E-state index in [1.807, 2.05) is 43.3 Å². The Kier molecular flexibility index (Phi) is 3.10. The fourth-order valence-electron chi connectivity index (χ4n) is 2.14. The van der Waals surface area contributed by atoms with Crippen molar-refractivity contribution >= 4 is 22.8 Å². The van der Waals surface area contributed by atoms with Gasteiger partial charge < -0.3 is 14.4 Å². The van der Waals surface area contributed by atoms with Gasteiger partial charge in [-0.15, -0.1) is 0 Å². The number of rotatable bonds is 3. The van der Waals surface area contributed by atoms with E-state index in [0.29, 0.717) is 17.0 Å². The molecule has 1 aromatic heterocycles. The smallest absolute Gasteiger partial charge is 0.339 e. The number of benzene rings is 2. The van der Waals surface area contributed by atoms with Crippen molar-refractivity contribution in [3.63, 3.8) is 0 Å². The summed E-state index contributed by atoms with van der Waals surface area (Å²) in [6.07, 6.45) is 0. The molecule has 1 N–H and O–H groups in total. The minimum atomic E-state index is -1.02. The van der Waals surface area contributed by atoms with Gasteiger partial charge in [0, 0.05) is 25.3 Å². The van der Waals surface area contributed by atoms with E-state index in [-0.39, 0.29) is 5.56 Å². The average molecular weight is 282 g/mol. The van der Waals surface area contributed by atoms with Crippen molar-refractivity contribution in [1.82, 2.24) is 4.98 Å². The van der Waals surface area contributed by atoms with E-state index in [1.165, 1.54) is 6.07 Å². The third-order valence-electron chi connectivity index (χ3n) is 3.28. The van der Waals surface area contributed by atoms with Gasteiger partial charge in [-0.05, 0) is 36.4 Å². The van der Waals surface area contributed by atoms with Crippen LogP contribution in [0, 0.1) is 0 Å². The maximum Gasteiger partial charge on any atom is 0.339 e. The Hall–Kier alpha value is -2.82. The first kappa shape index (κ1) is 13.2. The number of hydrogen-bond acceptors (Lipinski definition) is 4. The summed E-state index contributed by atoms with van der Waals surface area (Å²) in [6.45, 7) is 0. The third kappa shape index (κ3) is 2.33. The molecule has 0 saturated heterocycles. The van der Waals surface area contributed by atoms with Gasteiger partial charge in [0.25, 0.3) is 0 Å². The lowest BCUT2D eigenvalue weighted by molar-refractivity contribution is 0.0698. The number of oxazole rings is 1. The molecule has 0 spiro atoms. The lowest BCUT2D eigenvalue weighted by Gasteiger charge is -2.11. The molecule has 0 amide bonds. The van der Waals surface area contributed by atoms with E-state index in [1.54, 1.807) is 12.1 Å².